The molecule has 0 saturated carbocycles. The Kier molecular flexibility index (Phi) is 3.02. The molecule has 0 saturated heterocycles. The normalized spacial score (nSPS) is 10.7. The Bertz CT molecular complexity index is 1630. The predicted molar refractivity (Wildman–Crippen MR) is 107 cm³/mol. The molecule has 4 heteroatoms. The van der Waals surface area contributed by atoms with E-state index in [1.807, 2.05) is 24.3 Å². The quantitative estimate of drug-likeness (QED) is 0.282. The summed E-state index contributed by atoms with van der Waals surface area (Å²) in [5.74, 6) is 0. The van der Waals surface area contributed by atoms with Gasteiger partial charge in [-0.2, -0.15) is 21.0 Å². The van der Waals surface area contributed by atoms with Gasteiger partial charge in [0.25, 0.3) is 0 Å². The summed E-state index contributed by atoms with van der Waals surface area (Å²) in [4.78, 5) is 0. The number of fused-ring (bicyclic) bond motifs is 2. The average Bonchev–Trinajstić information content (AvgIpc) is 2.75. The fourth-order valence-corrected chi connectivity index (χ4v) is 4.27. The van der Waals surface area contributed by atoms with E-state index in [0.717, 1.165) is 43.1 Å². The molecule has 0 atom stereocenters. The molecular weight excluding hydrogens is 344 g/mol. The van der Waals surface area contributed by atoms with Crippen LogP contribution in [-0.2, 0) is 0 Å². The summed E-state index contributed by atoms with van der Waals surface area (Å²) in [6, 6.07) is 23.2. The lowest BCUT2D eigenvalue weighted by Crippen LogP contribution is -1.95. The minimum Gasteiger partial charge on any atom is -0.192 e. The summed E-state index contributed by atoms with van der Waals surface area (Å²) in [6.07, 6.45) is 0. The summed E-state index contributed by atoms with van der Waals surface area (Å²) >= 11 is 0. The van der Waals surface area contributed by atoms with Crippen molar-refractivity contribution in [3.05, 3.63) is 70.8 Å². The molecule has 0 aliphatic rings. The van der Waals surface area contributed by atoms with Crippen molar-refractivity contribution in [3.63, 3.8) is 0 Å². The van der Waals surface area contributed by atoms with E-state index in [-0.39, 0.29) is 0 Å². The molecule has 0 N–H and O–H groups in total. The van der Waals surface area contributed by atoms with Crippen molar-refractivity contribution in [2.24, 2.45) is 0 Å². The van der Waals surface area contributed by atoms with Gasteiger partial charge in [-0.3, -0.25) is 0 Å². The second kappa shape index (κ2) is 5.43. The van der Waals surface area contributed by atoms with Crippen molar-refractivity contribution >= 4 is 43.1 Å². The molecule has 0 unspecified atom stereocenters. The molecule has 4 nitrogen and oxygen atoms in total. The predicted octanol–water partition coefficient (Wildman–Crippen LogP) is 5.22. The molecule has 5 rings (SSSR count). The Morgan fingerprint density at radius 3 is 1.68 bits per heavy atom. The average molecular weight is 352 g/mol. The first kappa shape index (κ1) is 15.6. The van der Waals surface area contributed by atoms with E-state index in [2.05, 4.69) is 24.3 Å². The summed E-state index contributed by atoms with van der Waals surface area (Å²) in [5, 5.41) is 44.9. The van der Waals surface area contributed by atoms with Crippen molar-refractivity contribution in [1.29, 1.82) is 21.0 Å². The minimum atomic E-state index is 0.390. The highest BCUT2D eigenvalue weighted by Gasteiger charge is 2.20. The zero-order chi connectivity index (χ0) is 19.4. The topological polar surface area (TPSA) is 95.2 Å². The van der Waals surface area contributed by atoms with Crippen LogP contribution in [0, 0.1) is 45.3 Å². The van der Waals surface area contributed by atoms with Crippen molar-refractivity contribution < 1.29 is 0 Å². The van der Waals surface area contributed by atoms with Gasteiger partial charge in [0, 0.05) is 26.9 Å². The number of hydrogen-bond donors (Lipinski definition) is 0. The van der Waals surface area contributed by atoms with Gasteiger partial charge in [-0.15, -0.1) is 0 Å². The molecule has 0 aliphatic carbocycles. The molecule has 0 heterocycles. The summed E-state index contributed by atoms with van der Waals surface area (Å²) in [7, 11) is 0. The van der Waals surface area contributed by atoms with Crippen LogP contribution in [0.15, 0.2) is 48.5 Å². The number of hydrogen-bond acceptors (Lipinski definition) is 4. The van der Waals surface area contributed by atoms with Crippen LogP contribution in [0.4, 0.5) is 0 Å². The first-order chi connectivity index (χ1) is 13.7. The Morgan fingerprint density at radius 1 is 0.429 bits per heavy atom. The molecule has 124 valence electrons. The SMILES string of the molecule is N#Cc1ccc2c3c(C#N)ccc4c(C#N)cc(C#N)c(c5cccc1c25)c43. The summed E-state index contributed by atoms with van der Waals surface area (Å²) in [6.45, 7) is 0. The highest BCUT2D eigenvalue weighted by molar-refractivity contribution is 6.35. The lowest BCUT2D eigenvalue weighted by atomic mass is 9.84. The first-order valence-electron chi connectivity index (χ1n) is 8.54. The monoisotopic (exact) mass is 352 g/mol. The zero-order valence-corrected chi connectivity index (χ0v) is 14.4. The largest absolute Gasteiger partial charge is 0.192 e. The van der Waals surface area contributed by atoms with E-state index in [9.17, 15) is 21.0 Å². The van der Waals surface area contributed by atoms with Crippen LogP contribution in [0.1, 0.15) is 22.3 Å². The van der Waals surface area contributed by atoms with E-state index < -0.39 is 0 Å². The molecule has 28 heavy (non-hydrogen) atoms. The Labute approximate surface area is 159 Å². The minimum absolute atomic E-state index is 0.390. The maximum atomic E-state index is 9.80. The van der Waals surface area contributed by atoms with Gasteiger partial charge in [-0.25, -0.2) is 0 Å². The molecule has 0 radical (unpaired) electrons. The molecule has 0 fully saturated rings. The molecule has 0 spiro atoms. The van der Waals surface area contributed by atoms with Crippen LogP contribution >= 0.6 is 0 Å². The zero-order valence-electron chi connectivity index (χ0n) is 14.4. The van der Waals surface area contributed by atoms with Gasteiger partial charge in [-0.1, -0.05) is 30.3 Å². The van der Waals surface area contributed by atoms with Crippen LogP contribution < -0.4 is 0 Å². The molecular formula is C24H8N4. The first-order valence-corrected chi connectivity index (χ1v) is 8.54. The lowest BCUT2D eigenvalue weighted by molar-refractivity contribution is 1.48. The molecule has 0 aliphatic heterocycles. The van der Waals surface area contributed by atoms with E-state index >= 15 is 0 Å². The van der Waals surface area contributed by atoms with Gasteiger partial charge < -0.3 is 0 Å². The van der Waals surface area contributed by atoms with Gasteiger partial charge in [0.2, 0.25) is 0 Å². The number of benzene rings is 5. The fourth-order valence-electron chi connectivity index (χ4n) is 4.27. The van der Waals surface area contributed by atoms with Crippen molar-refractivity contribution in [2.45, 2.75) is 0 Å². The molecule has 0 bridgehead atoms. The third-order valence-electron chi connectivity index (χ3n) is 5.36. The Morgan fingerprint density at radius 2 is 0.964 bits per heavy atom. The molecule has 0 amide bonds. The van der Waals surface area contributed by atoms with Crippen molar-refractivity contribution in [1.82, 2.24) is 0 Å². The summed E-state index contributed by atoms with van der Waals surface area (Å²) < 4.78 is 0. The lowest BCUT2D eigenvalue weighted by Gasteiger charge is -2.17. The summed E-state index contributed by atoms with van der Waals surface area (Å²) in [5.41, 5.74) is 1.82. The van der Waals surface area contributed by atoms with E-state index in [1.165, 1.54) is 0 Å². The Hall–Kier alpha value is -4.64. The standard InChI is InChI=1S/C24H8N4/c25-9-13-4-7-20-21-14(10-26)5-6-18-15(11-27)8-16(12-28)22(24(18)21)19-3-1-2-17(13)23(19)20/h1-8H. The van der Waals surface area contributed by atoms with Gasteiger partial charge in [-0.05, 0) is 34.4 Å². The van der Waals surface area contributed by atoms with Gasteiger partial charge in [0.05, 0.1) is 46.5 Å². The molecule has 0 aromatic heterocycles. The number of rotatable bonds is 0. The fraction of sp³-hybridized carbons (Fsp3) is 0. The van der Waals surface area contributed by atoms with E-state index in [0.29, 0.717) is 22.3 Å². The molecule has 5 aromatic carbocycles. The van der Waals surface area contributed by atoms with Crippen LogP contribution in [0.2, 0.25) is 0 Å². The smallest absolute Gasteiger partial charge is 0.0998 e. The highest BCUT2D eigenvalue weighted by atomic mass is 14.3. The Balaban J connectivity index is 2.31. The number of nitrogens with zero attached hydrogens (tertiary/aromatic N) is 4. The highest BCUT2D eigenvalue weighted by Crippen LogP contribution is 2.44. The van der Waals surface area contributed by atoms with Crippen LogP contribution in [-0.4, -0.2) is 0 Å². The van der Waals surface area contributed by atoms with Crippen molar-refractivity contribution in [2.75, 3.05) is 0 Å². The van der Waals surface area contributed by atoms with Crippen LogP contribution in [0.3, 0.4) is 0 Å². The van der Waals surface area contributed by atoms with Crippen molar-refractivity contribution in [3.8, 4) is 24.3 Å². The molecule has 5 aromatic rings. The van der Waals surface area contributed by atoms with Gasteiger partial charge >= 0.3 is 0 Å². The second-order valence-electron chi connectivity index (χ2n) is 6.59. The van der Waals surface area contributed by atoms with Gasteiger partial charge in [0.15, 0.2) is 0 Å². The second-order valence-corrected chi connectivity index (χ2v) is 6.59. The van der Waals surface area contributed by atoms with E-state index in [4.69, 9.17) is 0 Å². The van der Waals surface area contributed by atoms with E-state index in [1.54, 1.807) is 24.3 Å². The third-order valence-corrected chi connectivity index (χ3v) is 5.36. The maximum absolute atomic E-state index is 9.80. The van der Waals surface area contributed by atoms with Gasteiger partial charge in [0.1, 0.15) is 0 Å². The van der Waals surface area contributed by atoms with Crippen LogP contribution in [0.5, 0.6) is 0 Å². The number of nitriles is 4. The third kappa shape index (κ3) is 1.74. The van der Waals surface area contributed by atoms with Crippen LogP contribution in [0.25, 0.3) is 43.1 Å². The maximum Gasteiger partial charge on any atom is 0.0998 e.